The van der Waals surface area contributed by atoms with Crippen LogP contribution in [-0.4, -0.2) is 38.7 Å². The van der Waals surface area contributed by atoms with Crippen molar-refractivity contribution >= 4 is 27.8 Å². The number of rotatable bonds is 10. The molecule has 1 heterocycles. The standard InChI is InChI=1S/C23H24N4O4S/c1-2-15-31-21-12-10-19(11-13-21)16-25-26-23(28)18-27(20-7-6-14-24-17-20)32(29,30)22-8-4-3-5-9-22/h3-14,16-17H,2,15,18H2,1H3,(H,26,28)/b25-16-. The molecule has 32 heavy (non-hydrogen) atoms. The van der Waals surface area contributed by atoms with Gasteiger partial charge >= 0.3 is 0 Å². The normalized spacial score (nSPS) is 11.3. The highest BCUT2D eigenvalue weighted by atomic mass is 32.2. The van der Waals surface area contributed by atoms with E-state index in [1.807, 2.05) is 31.2 Å². The van der Waals surface area contributed by atoms with Crippen LogP contribution in [0.2, 0.25) is 0 Å². The third-order valence-electron chi connectivity index (χ3n) is 4.31. The van der Waals surface area contributed by atoms with Crippen LogP contribution in [0.3, 0.4) is 0 Å². The average molecular weight is 453 g/mol. The van der Waals surface area contributed by atoms with Crippen molar-refractivity contribution in [2.45, 2.75) is 18.2 Å². The van der Waals surface area contributed by atoms with Crippen molar-refractivity contribution in [3.63, 3.8) is 0 Å². The molecule has 0 fully saturated rings. The third-order valence-corrected chi connectivity index (χ3v) is 6.10. The Balaban J connectivity index is 1.70. The summed E-state index contributed by atoms with van der Waals surface area (Å²) in [5.74, 6) is 0.166. The molecule has 166 valence electrons. The molecule has 0 unspecified atom stereocenters. The molecule has 0 aliphatic carbocycles. The van der Waals surface area contributed by atoms with E-state index in [-0.39, 0.29) is 10.6 Å². The molecule has 0 atom stereocenters. The number of carbonyl (C=O) groups is 1. The van der Waals surface area contributed by atoms with Gasteiger partial charge in [-0.05, 0) is 60.5 Å². The van der Waals surface area contributed by atoms with Crippen LogP contribution in [0.4, 0.5) is 5.69 Å². The van der Waals surface area contributed by atoms with Gasteiger partial charge in [0.2, 0.25) is 0 Å². The number of sulfonamides is 1. The van der Waals surface area contributed by atoms with Gasteiger partial charge in [0.25, 0.3) is 15.9 Å². The number of pyridine rings is 1. The molecule has 0 aliphatic rings. The number of hydrazone groups is 1. The molecule has 0 spiro atoms. The minimum atomic E-state index is -3.97. The fourth-order valence-corrected chi connectivity index (χ4v) is 4.18. The summed E-state index contributed by atoms with van der Waals surface area (Å²) in [5, 5.41) is 3.93. The molecule has 3 rings (SSSR count). The van der Waals surface area contributed by atoms with Crippen molar-refractivity contribution in [3.8, 4) is 5.75 Å². The monoisotopic (exact) mass is 452 g/mol. The Labute approximate surface area is 187 Å². The van der Waals surface area contributed by atoms with E-state index in [9.17, 15) is 13.2 Å². The van der Waals surface area contributed by atoms with Gasteiger partial charge in [0.05, 0.1) is 29.6 Å². The first kappa shape index (κ1) is 23.0. The second-order valence-electron chi connectivity index (χ2n) is 6.75. The van der Waals surface area contributed by atoms with Crippen molar-refractivity contribution < 1.29 is 17.9 Å². The smallest absolute Gasteiger partial charge is 0.264 e. The van der Waals surface area contributed by atoms with E-state index in [1.54, 1.807) is 30.3 Å². The maximum Gasteiger partial charge on any atom is 0.264 e. The number of amides is 1. The Hall–Kier alpha value is -3.72. The predicted octanol–water partition coefficient (Wildman–Crippen LogP) is 3.22. The first-order chi connectivity index (χ1) is 15.5. The summed E-state index contributed by atoms with van der Waals surface area (Å²) >= 11 is 0. The number of carbonyl (C=O) groups excluding carboxylic acids is 1. The molecule has 9 heteroatoms. The Morgan fingerprint density at radius 3 is 2.50 bits per heavy atom. The SMILES string of the molecule is CCCOc1ccc(/C=N\NC(=O)CN(c2cccnc2)S(=O)(=O)c2ccccc2)cc1. The van der Waals surface area contributed by atoms with E-state index in [4.69, 9.17) is 4.74 Å². The Kier molecular flexibility index (Phi) is 7.93. The van der Waals surface area contributed by atoms with E-state index in [0.717, 1.165) is 22.0 Å². The van der Waals surface area contributed by atoms with Gasteiger partial charge in [-0.15, -0.1) is 0 Å². The van der Waals surface area contributed by atoms with Crippen molar-refractivity contribution in [3.05, 3.63) is 84.7 Å². The van der Waals surface area contributed by atoms with Gasteiger partial charge in [-0.2, -0.15) is 5.10 Å². The second-order valence-corrected chi connectivity index (χ2v) is 8.61. The van der Waals surface area contributed by atoms with Gasteiger partial charge in [0.1, 0.15) is 12.3 Å². The molecule has 0 saturated heterocycles. The van der Waals surface area contributed by atoms with E-state index in [2.05, 4.69) is 15.5 Å². The van der Waals surface area contributed by atoms with Crippen molar-refractivity contribution in [1.82, 2.24) is 10.4 Å². The van der Waals surface area contributed by atoms with E-state index in [1.165, 1.54) is 30.7 Å². The maximum atomic E-state index is 13.1. The molecule has 1 amide bonds. The van der Waals surface area contributed by atoms with Gasteiger partial charge in [0.15, 0.2) is 0 Å². The molecule has 1 N–H and O–H groups in total. The van der Waals surface area contributed by atoms with Gasteiger partial charge in [-0.25, -0.2) is 13.8 Å². The summed E-state index contributed by atoms with van der Waals surface area (Å²) in [6.45, 7) is 2.22. The first-order valence-corrected chi connectivity index (χ1v) is 11.5. The van der Waals surface area contributed by atoms with Crippen molar-refractivity contribution in [1.29, 1.82) is 0 Å². The lowest BCUT2D eigenvalue weighted by Gasteiger charge is -2.23. The van der Waals surface area contributed by atoms with Crippen LogP contribution in [-0.2, 0) is 14.8 Å². The Morgan fingerprint density at radius 2 is 1.84 bits per heavy atom. The van der Waals surface area contributed by atoms with E-state index >= 15 is 0 Å². The number of nitrogens with zero attached hydrogens (tertiary/aromatic N) is 3. The number of nitrogens with one attached hydrogen (secondary N) is 1. The average Bonchev–Trinajstić information content (AvgIpc) is 2.83. The van der Waals surface area contributed by atoms with Crippen LogP contribution in [0.5, 0.6) is 5.75 Å². The topological polar surface area (TPSA) is 101 Å². The summed E-state index contributed by atoms with van der Waals surface area (Å²) in [5.41, 5.74) is 3.41. The molecule has 1 aromatic heterocycles. The molecule has 0 aliphatic heterocycles. The summed E-state index contributed by atoms with van der Waals surface area (Å²) in [4.78, 5) is 16.5. The minimum Gasteiger partial charge on any atom is -0.494 e. The zero-order valence-electron chi connectivity index (χ0n) is 17.6. The lowest BCUT2D eigenvalue weighted by atomic mass is 10.2. The number of ether oxygens (including phenoxy) is 1. The molecule has 0 bridgehead atoms. The van der Waals surface area contributed by atoms with Gasteiger partial charge in [-0.1, -0.05) is 25.1 Å². The van der Waals surface area contributed by atoms with Crippen LogP contribution < -0.4 is 14.5 Å². The highest BCUT2D eigenvalue weighted by molar-refractivity contribution is 7.92. The van der Waals surface area contributed by atoms with Crippen LogP contribution in [0, 0.1) is 0 Å². The number of hydrogen-bond acceptors (Lipinski definition) is 6. The van der Waals surface area contributed by atoms with Gasteiger partial charge < -0.3 is 4.74 Å². The second kappa shape index (κ2) is 11.1. The predicted molar refractivity (Wildman–Crippen MR) is 123 cm³/mol. The highest BCUT2D eigenvalue weighted by Crippen LogP contribution is 2.22. The molecule has 0 saturated carbocycles. The van der Waals surface area contributed by atoms with Gasteiger partial charge in [0, 0.05) is 6.20 Å². The fourth-order valence-electron chi connectivity index (χ4n) is 2.75. The first-order valence-electron chi connectivity index (χ1n) is 10.0. The number of anilines is 1. The maximum absolute atomic E-state index is 13.1. The zero-order chi connectivity index (χ0) is 22.8. The molecule has 2 aromatic carbocycles. The summed E-state index contributed by atoms with van der Waals surface area (Å²) in [7, 11) is -3.97. The molecular formula is C23H24N4O4S. The molecular weight excluding hydrogens is 428 g/mol. The van der Waals surface area contributed by atoms with Crippen LogP contribution in [0.1, 0.15) is 18.9 Å². The van der Waals surface area contributed by atoms with Crippen LogP contribution >= 0.6 is 0 Å². The summed E-state index contributed by atoms with van der Waals surface area (Å²) in [6.07, 6.45) is 5.31. The van der Waals surface area contributed by atoms with Crippen molar-refractivity contribution in [2.24, 2.45) is 5.10 Å². The Bertz CT molecular complexity index is 1140. The largest absolute Gasteiger partial charge is 0.494 e. The minimum absolute atomic E-state index is 0.0746. The van der Waals surface area contributed by atoms with Crippen LogP contribution in [0.25, 0.3) is 0 Å². The third kappa shape index (κ3) is 6.14. The summed E-state index contributed by atoms with van der Waals surface area (Å²) in [6, 6.07) is 18.3. The fraction of sp³-hybridized carbons (Fsp3) is 0.174. The highest BCUT2D eigenvalue weighted by Gasteiger charge is 2.27. The van der Waals surface area contributed by atoms with Crippen molar-refractivity contribution in [2.75, 3.05) is 17.5 Å². The molecule has 8 nitrogen and oxygen atoms in total. The van der Waals surface area contributed by atoms with E-state index in [0.29, 0.717) is 6.61 Å². The number of hydrogen-bond donors (Lipinski definition) is 1. The lowest BCUT2D eigenvalue weighted by molar-refractivity contribution is -0.119. The molecule has 0 radical (unpaired) electrons. The van der Waals surface area contributed by atoms with E-state index < -0.39 is 22.5 Å². The number of aromatic nitrogens is 1. The number of benzene rings is 2. The lowest BCUT2D eigenvalue weighted by Crippen LogP contribution is -2.39. The quantitative estimate of drug-likeness (QED) is 0.376. The zero-order valence-corrected chi connectivity index (χ0v) is 18.4. The Morgan fingerprint density at radius 1 is 1.09 bits per heavy atom. The molecule has 3 aromatic rings. The van der Waals surface area contributed by atoms with Gasteiger partial charge in [-0.3, -0.25) is 14.1 Å². The van der Waals surface area contributed by atoms with Crippen LogP contribution in [0.15, 0.2) is 89.1 Å². The summed E-state index contributed by atoms with van der Waals surface area (Å²) < 4.78 is 32.8.